The van der Waals surface area contributed by atoms with Crippen LogP contribution in [0.1, 0.15) is 17.5 Å². The number of amides is 4. The van der Waals surface area contributed by atoms with E-state index in [0.717, 1.165) is 24.5 Å². The van der Waals surface area contributed by atoms with E-state index in [-0.39, 0.29) is 24.8 Å². The van der Waals surface area contributed by atoms with Gasteiger partial charge in [0.2, 0.25) is 5.91 Å². The summed E-state index contributed by atoms with van der Waals surface area (Å²) < 4.78 is 5.32. The Morgan fingerprint density at radius 2 is 1.53 bits per heavy atom. The number of nitrogens with one attached hydrogen (secondary N) is 2. The molecule has 4 rings (SSSR count). The Morgan fingerprint density at radius 1 is 0.938 bits per heavy atom. The van der Waals surface area contributed by atoms with Gasteiger partial charge >= 0.3 is 6.03 Å². The molecule has 8 nitrogen and oxygen atoms in total. The number of carbonyl (C=O) groups excluding carboxylic acids is 3. The quantitative estimate of drug-likeness (QED) is 0.609. The molecule has 0 atom stereocenters. The predicted octanol–water partition coefficient (Wildman–Crippen LogP) is 1.32. The first kappa shape index (κ1) is 22.0. The number of imide groups is 1. The molecule has 32 heavy (non-hydrogen) atoms. The van der Waals surface area contributed by atoms with Crippen molar-refractivity contribution in [1.29, 1.82) is 0 Å². The largest absolute Gasteiger partial charge is 0.379 e. The van der Waals surface area contributed by atoms with Crippen molar-refractivity contribution >= 4 is 17.8 Å². The Bertz CT molecular complexity index is 905. The number of urea groups is 1. The van der Waals surface area contributed by atoms with Gasteiger partial charge in [-0.1, -0.05) is 60.7 Å². The monoisotopic (exact) mass is 436 g/mol. The second-order valence-electron chi connectivity index (χ2n) is 7.92. The maximum Gasteiger partial charge on any atom is 0.325 e. The molecule has 2 saturated heterocycles. The normalized spacial score (nSPS) is 18.4. The van der Waals surface area contributed by atoms with Crippen LogP contribution in [0.25, 0.3) is 0 Å². The average Bonchev–Trinajstić information content (AvgIpc) is 3.10. The van der Waals surface area contributed by atoms with E-state index in [1.807, 2.05) is 60.7 Å². The summed E-state index contributed by atoms with van der Waals surface area (Å²) in [6.45, 7) is 4.45. The van der Waals surface area contributed by atoms with Crippen molar-refractivity contribution in [3.8, 4) is 0 Å². The fourth-order valence-electron chi connectivity index (χ4n) is 4.19. The summed E-state index contributed by atoms with van der Waals surface area (Å²) in [4.78, 5) is 42.1. The fraction of sp³-hybridized carbons (Fsp3) is 0.375. The maximum atomic E-state index is 13.6. The van der Waals surface area contributed by atoms with Crippen LogP contribution in [0.4, 0.5) is 4.79 Å². The first-order chi connectivity index (χ1) is 15.6. The summed E-state index contributed by atoms with van der Waals surface area (Å²) in [6.07, 6.45) is 0.0575. The van der Waals surface area contributed by atoms with E-state index in [4.69, 9.17) is 4.74 Å². The number of hydrogen-bond donors (Lipinski definition) is 2. The highest BCUT2D eigenvalue weighted by molar-refractivity contribution is 6.09. The Hall–Kier alpha value is -3.23. The highest BCUT2D eigenvalue weighted by atomic mass is 16.5. The van der Waals surface area contributed by atoms with E-state index in [9.17, 15) is 14.4 Å². The molecule has 2 N–H and O–H groups in total. The molecule has 0 saturated carbocycles. The minimum absolute atomic E-state index is 0.0233. The van der Waals surface area contributed by atoms with Crippen LogP contribution in [0.2, 0.25) is 0 Å². The number of benzene rings is 2. The van der Waals surface area contributed by atoms with Gasteiger partial charge in [0.05, 0.1) is 13.2 Å². The van der Waals surface area contributed by atoms with E-state index in [2.05, 4.69) is 15.5 Å². The predicted molar refractivity (Wildman–Crippen MR) is 119 cm³/mol. The first-order valence-electron chi connectivity index (χ1n) is 10.9. The van der Waals surface area contributed by atoms with Crippen LogP contribution in [-0.4, -0.2) is 73.6 Å². The highest BCUT2D eigenvalue weighted by Crippen LogP contribution is 2.35. The molecule has 2 aliphatic rings. The van der Waals surface area contributed by atoms with Gasteiger partial charge in [0.15, 0.2) is 5.54 Å². The van der Waals surface area contributed by atoms with Crippen molar-refractivity contribution in [1.82, 2.24) is 20.4 Å². The summed E-state index contributed by atoms with van der Waals surface area (Å²) in [7, 11) is 0. The van der Waals surface area contributed by atoms with Gasteiger partial charge in [0, 0.05) is 39.1 Å². The van der Waals surface area contributed by atoms with Gasteiger partial charge in [-0.3, -0.25) is 19.4 Å². The van der Waals surface area contributed by atoms with Crippen LogP contribution in [0, 0.1) is 0 Å². The Kier molecular flexibility index (Phi) is 6.82. The van der Waals surface area contributed by atoms with Gasteiger partial charge in [-0.05, 0) is 11.1 Å². The lowest BCUT2D eigenvalue weighted by Crippen LogP contribution is -2.45. The highest BCUT2D eigenvalue weighted by Gasteiger charge is 2.53. The van der Waals surface area contributed by atoms with E-state index < -0.39 is 11.6 Å². The van der Waals surface area contributed by atoms with Gasteiger partial charge < -0.3 is 15.4 Å². The second kappa shape index (κ2) is 9.93. The lowest BCUT2D eigenvalue weighted by Gasteiger charge is -2.28. The van der Waals surface area contributed by atoms with E-state index in [1.54, 1.807) is 0 Å². The lowest BCUT2D eigenvalue weighted by atomic mass is 9.82. The topological polar surface area (TPSA) is 91.0 Å². The van der Waals surface area contributed by atoms with E-state index in [0.29, 0.717) is 30.9 Å². The lowest BCUT2D eigenvalue weighted by molar-refractivity contribution is -0.130. The first-order valence-corrected chi connectivity index (χ1v) is 10.9. The number of ether oxygens (including phenoxy) is 1. The summed E-state index contributed by atoms with van der Waals surface area (Å²) in [5.74, 6) is -0.559. The number of morpholine rings is 1. The van der Waals surface area contributed by atoms with Crippen molar-refractivity contribution in [3.63, 3.8) is 0 Å². The zero-order chi connectivity index (χ0) is 22.4. The molecular formula is C24H28N4O4. The minimum atomic E-state index is -1.30. The summed E-state index contributed by atoms with van der Waals surface area (Å²) in [5.41, 5.74) is 0.0656. The van der Waals surface area contributed by atoms with Crippen LogP contribution >= 0.6 is 0 Å². The Balaban J connectivity index is 1.41. The molecule has 0 bridgehead atoms. The molecular weight excluding hydrogens is 408 g/mol. The van der Waals surface area contributed by atoms with E-state index in [1.165, 1.54) is 0 Å². The molecule has 0 spiro atoms. The van der Waals surface area contributed by atoms with Crippen LogP contribution < -0.4 is 10.6 Å². The number of nitrogens with zero attached hydrogens (tertiary/aromatic N) is 2. The number of carbonyl (C=O) groups is 3. The standard InChI is InChI=1S/C24H28N4O4/c29-21(25-12-14-27-15-17-32-18-16-27)11-13-28-22(30)24(26-23(28)31,19-7-3-1-4-8-19)20-9-5-2-6-10-20/h1-10H,11-18H2,(H,25,29)(H,26,31). The molecule has 2 aliphatic heterocycles. The molecule has 168 valence electrons. The number of rotatable bonds is 8. The van der Waals surface area contributed by atoms with Crippen molar-refractivity contribution in [3.05, 3.63) is 71.8 Å². The van der Waals surface area contributed by atoms with E-state index >= 15 is 0 Å². The summed E-state index contributed by atoms with van der Waals surface area (Å²) >= 11 is 0. The molecule has 0 radical (unpaired) electrons. The molecule has 0 aliphatic carbocycles. The summed E-state index contributed by atoms with van der Waals surface area (Å²) in [6, 6.07) is 17.9. The molecule has 4 amide bonds. The zero-order valence-electron chi connectivity index (χ0n) is 18.0. The fourth-order valence-corrected chi connectivity index (χ4v) is 4.19. The van der Waals surface area contributed by atoms with Crippen molar-refractivity contribution in [2.45, 2.75) is 12.0 Å². The molecule has 0 aromatic heterocycles. The second-order valence-corrected chi connectivity index (χ2v) is 7.92. The van der Waals surface area contributed by atoms with Crippen molar-refractivity contribution in [2.75, 3.05) is 45.9 Å². The van der Waals surface area contributed by atoms with Crippen LogP contribution in [-0.2, 0) is 19.9 Å². The average molecular weight is 437 g/mol. The van der Waals surface area contributed by atoms with Crippen LogP contribution in [0.3, 0.4) is 0 Å². The third-order valence-electron chi connectivity index (χ3n) is 5.94. The zero-order valence-corrected chi connectivity index (χ0v) is 18.0. The molecule has 2 aromatic carbocycles. The summed E-state index contributed by atoms with van der Waals surface area (Å²) in [5, 5.41) is 5.77. The molecule has 0 unspecified atom stereocenters. The van der Waals surface area contributed by atoms with Gasteiger partial charge in [0.25, 0.3) is 5.91 Å². The third kappa shape index (κ3) is 4.51. The van der Waals surface area contributed by atoms with Crippen molar-refractivity contribution in [2.24, 2.45) is 0 Å². The molecule has 8 heteroatoms. The molecule has 2 aromatic rings. The minimum Gasteiger partial charge on any atom is -0.379 e. The van der Waals surface area contributed by atoms with Gasteiger partial charge in [-0.15, -0.1) is 0 Å². The SMILES string of the molecule is O=C(CCN1C(=O)NC(c2ccccc2)(c2ccccc2)C1=O)NCCN1CCOCC1. The Labute approximate surface area is 187 Å². The van der Waals surface area contributed by atoms with Gasteiger partial charge in [-0.2, -0.15) is 0 Å². The van der Waals surface area contributed by atoms with Crippen molar-refractivity contribution < 1.29 is 19.1 Å². The van der Waals surface area contributed by atoms with Gasteiger partial charge in [-0.25, -0.2) is 4.79 Å². The molecule has 2 heterocycles. The third-order valence-corrected chi connectivity index (χ3v) is 5.94. The Morgan fingerprint density at radius 3 is 2.12 bits per heavy atom. The number of hydrogen-bond acceptors (Lipinski definition) is 5. The van der Waals surface area contributed by atoms with Crippen LogP contribution in [0.5, 0.6) is 0 Å². The van der Waals surface area contributed by atoms with Crippen LogP contribution in [0.15, 0.2) is 60.7 Å². The van der Waals surface area contributed by atoms with Gasteiger partial charge in [0.1, 0.15) is 0 Å². The smallest absolute Gasteiger partial charge is 0.325 e. The maximum absolute atomic E-state index is 13.6. The molecule has 2 fully saturated rings.